The third-order valence-corrected chi connectivity index (χ3v) is 2.30. The first-order valence-corrected chi connectivity index (χ1v) is 4.65. The van der Waals surface area contributed by atoms with Gasteiger partial charge in [0.2, 0.25) is 0 Å². The molecule has 0 saturated carbocycles. The van der Waals surface area contributed by atoms with E-state index >= 15 is 0 Å². The molecule has 0 aliphatic carbocycles. The van der Waals surface area contributed by atoms with Gasteiger partial charge in [-0.15, -0.1) is 0 Å². The number of phenols is 1. The first-order chi connectivity index (χ1) is 7.52. The number of aliphatic hydroxyl groups excluding tert-OH is 1. The van der Waals surface area contributed by atoms with Crippen molar-refractivity contribution in [2.45, 2.75) is 13.0 Å². The second-order valence-electron chi connectivity index (χ2n) is 3.27. The quantitative estimate of drug-likeness (QED) is 0.749. The third kappa shape index (κ3) is 2.09. The number of benzene rings is 1. The summed E-state index contributed by atoms with van der Waals surface area (Å²) in [5.41, 5.74) is 0.563. The first-order valence-electron chi connectivity index (χ1n) is 4.65. The molecule has 0 aromatic heterocycles. The number of rotatable bonds is 3. The second-order valence-corrected chi connectivity index (χ2v) is 3.27. The fourth-order valence-electron chi connectivity index (χ4n) is 1.37. The number of hydrogen-bond acceptors (Lipinski definition) is 5. The number of methoxy groups -OCH3 is 2. The van der Waals surface area contributed by atoms with E-state index in [1.54, 1.807) is 19.1 Å². The van der Waals surface area contributed by atoms with Gasteiger partial charge in [0, 0.05) is 0 Å². The normalized spacial score (nSPS) is 12.0. The molecule has 2 N–H and O–H groups in total. The van der Waals surface area contributed by atoms with E-state index in [0.29, 0.717) is 5.56 Å². The monoisotopic (exact) mass is 226 g/mol. The van der Waals surface area contributed by atoms with E-state index < -0.39 is 12.1 Å². The fourth-order valence-corrected chi connectivity index (χ4v) is 1.37. The summed E-state index contributed by atoms with van der Waals surface area (Å²) < 4.78 is 9.37. The van der Waals surface area contributed by atoms with Crippen LogP contribution in [0, 0.1) is 6.92 Å². The zero-order chi connectivity index (χ0) is 12.3. The van der Waals surface area contributed by atoms with Gasteiger partial charge in [0.15, 0.2) is 6.10 Å². The minimum Gasteiger partial charge on any atom is -0.507 e. The Morgan fingerprint density at radius 2 is 2.00 bits per heavy atom. The molecular formula is C11H14O5. The summed E-state index contributed by atoms with van der Waals surface area (Å²) in [6.45, 7) is 1.66. The third-order valence-electron chi connectivity index (χ3n) is 2.30. The van der Waals surface area contributed by atoms with Gasteiger partial charge in [-0.05, 0) is 18.6 Å². The molecule has 0 aliphatic rings. The first kappa shape index (κ1) is 12.3. The predicted molar refractivity (Wildman–Crippen MR) is 56.4 cm³/mol. The topological polar surface area (TPSA) is 76.0 Å². The van der Waals surface area contributed by atoms with E-state index in [-0.39, 0.29) is 17.1 Å². The maximum Gasteiger partial charge on any atom is 0.339 e. The highest BCUT2D eigenvalue weighted by Crippen LogP contribution is 2.36. The van der Waals surface area contributed by atoms with E-state index in [1.165, 1.54) is 7.11 Å². The SMILES string of the molecule is COC(=O)C(O)c1c(OC)ccc(C)c1O. The highest BCUT2D eigenvalue weighted by molar-refractivity contribution is 5.78. The number of aryl methyl sites for hydroxylation is 1. The molecule has 0 saturated heterocycles. The van der Waals surface area contributed by atoms with Crippen LogP contribution in [0.5, 0.6) is 11.5 Å². The molecule has 16 heavy (non-hydrogen) atoms. The molecule has 5 nitrogen and oxygen atoms in total. The van der Waals surface area contributed by atoms with Gasteiger partial charge >= 0.3 is 5.97 Å². The van der Waals surface area contributed by atoms with Crippen LogP contribution >= 0.6 is 0 Å². The van der Waals surface area contributed by atoms with Crippen LogP contribution < -0.4 is 4.74 Å². The van der Waals surface area contributed by atoms with E-state index in [9.17, 15) is 15.0 Å². The summed E-state index contributed by atoms with van der Waals surface area (Å²) in [4.78, 5) is 11.2. The van der Waals surface area contributed by atoms with Gasteiger partial charge in [-0.1, -0.05) is 6.07 Å². The summed E-state index contributed by atoms with van der Waals surface area (Å²) in [6.07, 6.45) is -1.56. The van der Waals surface area contributed by atoms with Crippen LogP contribution in [0.4, 0.5) is 0 Å². The van der Waals surface area contributed by atoms with Crippen LogP contribution in [0.3, 0.4) is 0 Å². The van der Waals surface area contributed by atoms with Gasteiger partial charge in [0.1, 0.15) is 11.5 Å². The molecule has 88 valence electrons. The van der Waals surface area contributed by atoms with Crippen LogP contribution in [0.1, 0.15) is 17.2 Å². The Labute approximate surface area is 93.2 Å². The summed E-state index contributed by atoms with van der Waals surface area (Å²) in [7, 11) is 2.54. The molecule has 1 rings (SSSR count). The lowest BCUT2D eigenvalue weighted by molar-refractivity contribution is -0.150. The van der Waals surface area contributed by atoms with Crippen LogP contribution in [-0.2, 0) is 9.53 Å². The molecule has 0 amide bonds. The maximum absolute atomic E-state index is 11.2. The number of carbonyl (C=O) groups is 1. The maximum atomic E-state index is 11.2. The second kappa shape index (κ2) is 4.85. The number of ether oxygens (including phenoxy) is 2. The number of phenolic OH excluding ortho intramolecular Hbond substituents is 1. The molecule has 5 heteroatoms. The van der Waals surface area contributed by atoms with Gasteiger partial charge < -0.3 is 19.7 Å². The van der Waals surface area contributed by atoms with Crippen molar-refractivity contribution in [1.82, 2.24) is 0 Å². The van der Waals surface area contributed by atoms with E-state index in [4.69, 9.17) is 4.74 Å². The smallest absolute Gasteiger partial charge is 0.339 e. The van der Waals surface area contributed by atoms with Gasteiger partial charge in [-0.3, -0.25) is 0 Å². The van der Waals surface area contributed by atoms with Crippen LogP contribution in [-0.4, -0.2) is 30.4 Å². The highest BCUT2D eigenvalue weighted by Gasteiger charge is 2.26. The Hall–Kier alpha value is -1.75. The minimum absolute atomic E-state index is 0.0225. The molecule has 1 unspecified atom stereocenters. The molecule has 1 aromatic carbocycles. The number of aliphatic hydroxyl groups is 1. The number of carbonyl (C=O) groups excluding carboxylic acids is 1. The predicted octanol–water partition coefficient (Wildman–Crippen LogP) is 0.916. The Morgan fingerprint density at radius 3 is 2.50 bits per heavy atom. The highest BCUT2D eigenvalue weighted by atomic mass is 16.5. The molecule has 0 aliphatic heterocycles. The lowest BCUT2D eigenvalue weighted by Gasteiger charge is -2.15. The zero-order valence-corrected chi connectivity index (χ0v) is 9.35. The van der Waals surface area contributed by atoms with Crippen LogP contribution in [0.2, 0.25) is 0 Å². The average Bonchev–Trinajstić information content (AvgIpc) is 2.30. The summed E-state index contributed by atoms with van der Waals surface area (Å²) in [5, 5.41) is 19.5. The van der Waals surface area contributed by atoms with Gasteiger partial charge in [0.25, 0.3) is 0 Å². The molecule has 0 heterocycles. The Bertz CT molecular complexity index is 400. The Morgan fingerprint density at radius 1 is 1.38 bits per heavy atom. The van der Waals surface area contributed by atoms with Crippen LogP contribution in [0.25, 0.3) is 0 Å². The van der Waals surface area contributed by atoms with Crippen molar-refractivity contribution in [2.75, 3.05) is 14.2 Å². The number of esters is 1. The molecule has 1 atom stereocenters. The lowest BCUT2D eigenvalue weighted by atomic mass is 10.0. The summed E-state index contributed by atoms with van der Waals surface area (Å²) in [6, 6.07) is 3.19. The number of hydrogen-bond donors (Lipinski definition) is 2. The van der Waals surface area contributed by atoms with Crippen molar-refractivity contribution in [3.8, 4) is 11.5 Å². The molecule has 0 spiro atoms. The van der Waals surface area contributed by atoms with E-state index in [1.807, 2.05) is 0 Å². The Balaban J connectivity index is 3.29. The van der Waals surface area contributed by atoms with Gasteiger partial charge in [-0.2, -0.15) is 0 Å². The molecule has 0 radical (unpaired) electrons. The van der Waals surface area contributed by atoms with Crippen molar-refractivity contribution in [3.05, 3.63) is 23.3 Å². The van der Waals surface area contributed by atoms with E-state index in [0.717, 1.165) is 7.11 Å². The minimum atomic E-state index is -1.56. The number of aromatic hydroxyl groups is 1. The summed E-state index contributed by atoms with van der Waals surface area (Å²) >= 11 is 0. The average molecular weight is 226 g/mol. The van der Waals surface area contributed by atoms with Crippen molar-refractivity contribution >= 4 is 5.97 Å². The Kier molecular flexibility index (Phi) is 3.73. The molecular weight excluding hydrogens is 212 g/mol. The molecule has 1 aromatic rings. The van der Waals surface area contributed by atoms with Crippen LogP contribution in [0.15, 0.2) is 12.1 Å². The fraction of sp³-hybridized carbons (Fsp3) is 0.364. The van der Waals surface area contributed by atoms with Crippen molar-refractivity contribution < 1.29 is 24.5 Å². The van der Waals surface area contributed by atoms with Gasteiger partial charge in [-0.25, -0.2) is 4.79 Å². The van der Waals surface area contributed by atoms with Gasteiger partial charge in [0.05, 0.1) is 19.8 Å². The van der Waals surface area contributed by atoms with Crippen molar-refractivity contribution in [2.24, 2.45) is 0 Å². The lowest BCUT2D eigenvalue weighted by Crippen LogP contribution is -2.14. The zero-order valence-electron chi connectivity index (χ0n) is 9.35. The van der Waals surface area contributed by atoms with E-state index in [2.05, 4.69) is 4.74 Å². The van der Waals surface area contributed by atoms with Crippen molar-refractivity contribution in [3.63, 3.8) is 0 Å². The standard InChI is InChI=1S/C11H14O5/c1-6-4-5-7(15-2)8(9(6)12)10(13)11(14)16-3/h4-5,10,12-13H,1-3H3. The largest absolute Gasteiger partial charge is 0.507 e. The summed E-state index contributed by atoms with van der Waals surface area (Å²) in [5.74, 6) is -0.780. The van der Waals surface area contributed by atoms with Crippen molar-refractivity contribution in [1.29, 1.82) is 0 Å². The molecule has 0 fully saturated rings. The molecule has 0 bridgehead atoms.